The van der Waals surface area contributed by atoms with E-state index in [4.69, 9.17) is 5.73 Å². The van der Waals surface area contributed by atoms with Gasteiger partial charge in [-0.3, -0.25) is 0 Å². The quantitative estimate of drug-likeness (QED) is 0.840. The van der Waals surface area contributed by atoms with Crippen molar-refractivity contribution >= 4 is 11.4 Å². The molecule has 2 rings (SSSR count). The maximum atomic E-state index is 12.7. The molecule has 1 aromatic carbocycles. The highest BCUT2D eigenvalue weighted by molar-refractivity contribution is 5.58. The van der Waals surface area contributed by atoms with E-state index in [9.17, 15) is 13.2 Å². The van der Waals surface area contributed by atoms with E-state index in [0.717, 1.165) is 6.07 Å². The van der Waals surface area contributed by atoms with Crippen molar-refractivity contribution < 1.29 is 13.2 Å². The predicted molar refractivity (Wildman–Crippen MR) is 65.2 cm³/mol. The number of nitrogens with zero attached hydrogens (tertiary/aromatic N) is 2. The van der Waals surface area contributed by atoms with Gasteiger partial charge in [-0.1, -0.05) is 0 Å². The Kier molecular flexibility index (Phi) is 3.55. The summed E-state index contributed by atoms with van der Waals surface area (Å²) in [5.74, 6) is 0. The van der Waals surface area contributed by atoms with Crippen LogP contribution in [-0.2, 0) is 12.7 Å². The molecule has 0 radical (unpaired) electrons. The Morgan fingerprint density at radius 1 is 1.21 bits per heavy atom. The lowest BCUT2D eigenvalue weighted by molar-refractivity contribution is -0.136. The van der Waals surface area contributed by atoms with Crippen LogP contribution in [0.2, 0.25) is 0 Å². The second-order valence-corrected chi connectivity index (χ2v) is 3.85. The number of anilines is 2. The number of nitrogens with one attached hydrogen (secondary N) is 1. The molecule has 100 valence electrons. The molecule has 0 saturated carbocycles. The molecule has 0 unspecified atom stereocenters. The number of hydrogen-bond acceptors (Lipinski definition) is 4. The molecule has 0 amide bonds. The first kappa shape index (κ1) is 13.1. The Labute approximate surface area is 107 Å². The lowest BCUT2D eigenvalue weighted by atomic mass is 10.1. The second-order valence-electron chi connectivity index (χ2n) is 3.85. The molecule has 0 aliphatic heterocycles. The zero-order valence-electron chi connectivity index (χ0n) is 9.78. The van der Waals surface area contributed by atoms with Crippen LogP contribution in [0.15, 0.2) is 36.8 Å². The Bertz CT molecular complexity index is 555. The van der Waals surface area contributed by atoms with Crippen molar-refractivity contribution in [3.63, 3.8) is 0 Å². The number of aromatic nitrogens is 2. The van der Waals surface area contributed by atoms with Crippen LogP contribution in [0.25, 0.3) is 0 Å². The zero-order chi connectivity index (χ0) is 13.9. The largest absolute Gasteiger partial charge is 0.418 e. The van der Waals surface area contributed by atoms with Gasteiger partial charge in [0.2, 0.25) is 0 Å². The van der Waals surface area contributed by atoms with Crippen molar-refractivity contribution in [3.8, 4) is 0 Å². The molecule has 0 fully saturated rings. The molecule has 0 spiro atoms. The van der Waals surface area contributed by atoms with E-state index in [1.54, 1.807) is 12.3 Å². The van der Waals surface area contributed by atoms with Crippen molar-refractivity contribution in [2.75, 3.05) is 11.1 Å². The molecule has 7 heteroatoms. The molecule has 0 bridgehead atoms. The van der Waals surface area contributed by atoms with Crippen LogP contribution >= 0.6 is 0 Å². The monoisotopic (exact) mass is 268 g/mol. The van der Waals surface area contributed by atoms with Gasteiger partial charge in [0, 0.05) is 17.6 Å². The SMILES string of the molecule is Nc1ccc(NCc2ccncn2)cc1C(F)(F)F. The lowest BCUT2D eigenvalue weighted by Gasteiger charge is -2.12. The third kappa shape index (κ3) is 3.34. The fourth-order valence-electron chi connectivity index (χ4n) is 1.53. The third-order valence-corrected chi connectivity index (χ3v) is 2.48. The Hall–Kier alpha value is -2.31. The van der Waals surface area contributed by atoms with Gasteiger partial charge in [-0.05, 0) is 24.3 Å². The van der Waals surface area contributed by atoms with Crippen molar-refractivity contribution in [1.82, 2.24) is 9.97 Å². The van der Waals surface area contributed by atoms with E-state index < -0.39 is 11.7 Å². The lowest BCUT2D eigenvalue weighted by Crippen LogP contribution is -2.10. The van der Waals surface area contributed by atoms with E-state index in [0.29, 0.717) is 17.9 Å². The first-order chi connectivity index (χ1) is 8.97. The van der Waals surface area contributed by atoms with Crippen LogP contribution < -0.4 is 11.1 Å². The molecule has 0 atom stereocenters. The van der Waals surface area contributed by atoms with E-state index in [-0.39, 0.29) is 5.69 Å². The van der Waals surface area contributed by atoms with Gasteiger partial charge in [0.15, 0.2) is 0 Å². The Balaban J connectivity index is 2.14. The van der Waals surface area contributed by atoms with Gasteiger partial charge in [0.1, 0.15) is 6.33 Å². The summed E-state index contributed by atoms with van der Waals surface area (Å²) >= 11 is 0. The fraction of sp³-hybridized carbons (Fsp3) is 0.167. The minimum absolute atomic E-state index is 0.292. The zero-order valence-corrected chi connectivity index (χ0v) is 9.78. The molecule has 0 saturated heterocycles. The summed E-state index contributed by atoms with van der Waals surface area (Å²) in [6, 6.07) is 5.38. The summed E-state index contributed by atoms with van der Waals surface area (Å²) < 4.78 is 38.0. The topological polar surface area (TPSA) is 63.8 Å². The summed E-state index contributed by atoms with van der Waals surface area (Å²) in [7, 11) is 0. The molecule has 1 aromatic heterocycles. The van der Waals surface area contributed by atoms with Crippen molar-refractivity contribution in [2.24, 2.45) is 0 Å². The smallest absolute Gasteiger partial charge is 0.398 e. The minimum atomic E-state index is -4.46. The molecule has 0 aliphatic rings. The third-order valence-electron chi connectivity index (χ3n) is 2.48. The number of rotatable bonds is 3. The van der Waals surface area contributed by atoms with Crippen LogP contribution in [0.1, 0.15) is 11.3 Å². The van der Waals surface area contributed by atoms with Crippen molar-refractivity contribution in [2.45, 2.75) is 12.7 Å². The number of nitrogen functional groups attached to an aromatic ring is 1. The van der Waals surface area contributed by atoms with Crippen LogP contribution in [-0.4, -0.2) is 9.97 Å². The van der Waals surface area contributed by atoms with Gasteiger partial charge in [-0.25, -0.2) is 9.97 Å². The van der Waals surface area contributed by atoms with Gasteiger partial charge in [-0.2, -0.15) is 13.2 Å². The van der Waals surface area contributed by atoms with E-state index in [1.165, 1.54) is 18.5 Å². The average Bonchev–Trinajstić information content (AvgIpc) is 2.37. The molecular formula is C12H11F3N4. The molecule has 0 aliphatic carbocycles. The van der Waals surface area contributed by atoms with E-state index in [2.05, 4.69) is 15.3 Å². The molecular weight excluding hydrogens is 257 g/mol. The maximum Gasteiger partial charge on any atom is 0.418 e. The summed E-state index contributed by atoms with van der Waals surface area (Å²) in [4.78, 5) is 7.72. The maximum absolute atomic E-state index is 12.7. The highest BCUT2D eigenvalue weighted by Gasteiger charge is 2.33. The van der Waals surface area contributed by atoms with Gasteiger partial charge < -0.3 is 11.1 Å². The summed E-state index contributed by atoms with van der Waals surface area (Å²) in [5.41, 5.74) is 5.19. The number of nitrogens with two attached hydrogens (primary N) is 1. The average molecular weight is 268 g/mol. The standard InChI is InChI=1S/C12H11F3N4/c13-12(14,15)10-5-8(1-2-11(10)16)18-6-9-3-4-17-7-19-9/h1-5,7,18H,6,16H2. The summed E-state index contributed by atoms with van der Waals surface area (Å²) in [6.07, 6.45) is -1.52. The fourth-order valence-corrected chi connectivity index (χ4v) is 1.53. The molecule has 2 aromatic rings. The highest BCUT2D eigenvalue weighted by atomic mass is 19.4. The van der Waals surface area contributed by atoms with E-state index >= 15 is 0 Å². The number of benzene rings is 1. The Morgan fingerprint density at radius 2 is 2.00 bits per heavy atom. The van der Waals surface area contributed by atoms with Gasteiger partial charge >= 0.3 is 6.18 Å². The van der Waals surface area contributed by atoms with Gasteiger partial charge in [0.05, 0.1) is 17.8 Å². The van der Waals surface area contributed by atoms with Crippen LogP contribution in [0.4, 0.5) is 24.5 Å². The van der Waals surface area contributed by atoms with Gasteiger partial charge in [-0.15, -0.1) is 0 Å². The van der Waals surface area contributed by atoms with Gasteiger partial charge in [0.25, 0.3) is 0 Å². The number of hydrogen-bond donors (Lipinski definition) is 2. The second kappa shape index (κ2) is 5.13. The first-order valence-electron chi connectivity index (χ1n) is 5.42. The minimum Gasteiger partial charge on any atom is -0.398 e. The first-order valence-corrected chi connectivity index (χ1v) is 5.42. The van der Waals surface area contributed by atoms with Crippen LogP contribution in [0.3, 0.4) is 0 Å². The molecule has 1 heterocycles. The summed E-state index contributed by atoms with van der Waals surface area (Å²) in [6.45, 7) is 0.309. The van der Waals surface area contributed by atoms with Crippen LogP contribution in [0.5, 0.6) is 0 Å². The Morgan fingerprint density at radius 3 is 2.63 bits per heavy atom. The number of alkyl halides is 3. The normalized spacial score (nSPS) is 11.3. The highest BCUT2D eigenvalue weighted by Crippen LogP contribution is 2.35. The molecule has 19 heavy (non-hydrogen) atoms. The van der Waals surface area contributed by atoms with Crippen molar-refractivity contribution in [1.29, 1.82) is 0 Å². The molecule has 4 nitrogen and oxygen atoms in total. The van der Waals surface area contributed by atoms with Crippen LogP contribution in [0, 0.1) is 0 Å². The number of halogens is 3. The summed E-state index contributed by atoms with van der Waals surface area (Å²) in [5, 5.41) is 2.85. The molecule has 3 N–H and O–H groups in total. The van der Waals surface area contributed by atoms with E-state index in [1.807, 2.05) is 0 Å². The van der Waals surface area contributed by atoms with Crippen molar-refractivity contribution in [3.05, 3.63) is 48.0 Å². The predicted octanol–water partition coefficient (Wildman–Crippen LogP) is 2.69.